The topological polar surface area (TPSA) is 128 Å². The van der Waals surface area contributed by atoms with E-state index in [1.54, 1.807) is 31.5 Å². The number of carbonyl (C=O) groups is 1. The van der Waals surface area contributed by atoms with Gasteiger partial charge in [0.2, 0.25) is 0 Å². The molecule has 3 aromatic heterocycles. The first-order chi connectivity index (χ1) is 16.7. The molecule has 1 atom stereocenters. The average molecular weight is 586 g/mol. The first kappa shape index (κ1) is 25.0. The van der Waals surface area contributed by atoms with E-state index in [1.165, 1.54) is 6.33 Å². The fourth-order valence-electron chi connectivity index (χ4n) is 3.89. The van der Waals surface area contributed by atoms with Crippen LogP contribution in [0.4, 0.5) is 10.6 Å². The minimum absolute atomic E-state index is 0.0521. The molecule has 0 saturated heterocycles. The zero-order valence-electron chi connectivity index (χ0n) is 19.8. The summed E-state index contributed by atoms with van der Waals surface area (Å²) in [4.78, 5) is 24.9. The number of benzene rings is 1. The Morgan fingerprint density at radius 1 is 1.31 bits per heavy atom. The van der Waals surface area contributed by atoms with Gasteiger partial charge >= 0.3 is 6.09 Å². The van der Waals surface area contributed by atoms with Gasteiger partial charge in [0.1, 0.15) is 17.4 Å². The van der Waals surface area contributed by atoms with E-state index in [0.717, 1.165) is 31.3 Å². The highest BCUT2D eigenvalue weighted by Crippen LogP contribution is 2.37. The molecule has 10 heteroatoms. The number of nitrogen functional groups attached to an aromatic ring is 1. The molecule has 3 heterocycles. The second kappa shape index (κ2) is 10.2. The molecule has 4 rings (SSSR count). The van der Waals surface area contributed by atoms with Gasteiger partial charge in [-0.2, -0.15) is 10.1 Å². The van der Waals surface area contributed by atoms with Crippen LogP contribution in [-0.4, -0.2) is 49.2 Å². The molecule has 9 nitrogen and oxygen atoms in total. The third-order valence-electron chi connectivity index (χ3n) is 5.40. The highest BCUT2D eigenvalue weighted by atomic mass is 127. The number of nitrogens with two attached hydrogens (primary N) is 1. The monoisotopic (exact) mass is 586 g/mol. The van der Waals surface area contributed by atoms with Gasteiger partial charge in [0.05, 0.1) is 11.2 Å². The first-order valence-corrected chi connectivity index (χ1v) is 12.3. The number of nitrogens with zero attached hydrogens (tertiary/aromatic N) is 5. The van der Waals surface area contributed by atoms with Gasteiger partial charge in [-0.3, -0.25) is 4.98 Å². The Bertz CT molecular complexity index is 1410. The van der Waals surface area contributed by atoms with Gasteiger partial charge in [-0.15, -0.1) is 0 Å². The van der Waals surface area contributed by atoms with Crippen molar-refractivity contribution in [2.75, 3.05) is 12.3 Å². The zero-order valence-corrected chi connectivity index (χ0v) is 21.9. The summed E-state index contributed by atoms with van der Waals surface area (Å²) in [5.41, 5.74) is 9.95. The molecule has 4 aromatic rings. The van der Waals surface area contributed by atoms with Crippen LogP contribution >= 0.6 is 22.6 Å². The van der Waals surface area contributed by atoms with Crippen molar-refractivity contribution in [1.29, 1.82) is 0 Å². The van der Waals surface area contributed by atoms with Crippen molar-refractivity contribution in [1.82, 2.24) is 19.6 Å². The Kier molecular flexibility index (Phi) is 7.31. The summed E-state index contributed by atoms with van der Waals surface area (Å²) in [6, 6.07) is 9.99. The second-order valence-electron chi connectivity index (χ2n) is 9.19. The van der Waals surface area contributed by atoms with E-state index in [4.69, 9.17) is 10.5 Å². The van der Waals surface area contributed by atoms with E-state index in [-0.39, 0.29) is 12.5 Å². The molecule has 0 radical (unpaired) electrons. The van der Waals surface area contributed by atoms with Crippen molar-refractivity contribution < 1.29 is 14.6 Å². The summed E-state index contributed by atoms with van der Waals surface area (Å²) in [6.45, 7) is 5.31. The molecule has 1 aromatic carbocycles. The molecule has 0 aliphatic carbocycles. The number of aliphatic hydroxyl groups is 1. The number of hydrogen-bond acceptors (Lipinski definition) is 7. The van der Waals surface area contributed by atoms with Gasteiger partial charge in [0.25, 0.3) is 0 Å². The van der Waals surface area contributed by atoms with Crippen molar-refractivity contribution in [3.05, 3.63) is 52.1 Å². The maximum absolute atomic E-state index is 12.1. The lowest BCUT2D eigenvalue weighted by atomic mass is 10.00. The van der Waals surface area contributed by atoms with Crippen LogP contribution < -0.4 is 5.73 Å². The fourth-order valence-corrected chi connectivity index (χ4v) is 4.91. The van der Waals surface area contributed by atoms with Crippen LogP contribution in [0.2, 0.25) is 0 Å². The van der Waals surface area contributed by atoms with E-state index in [2.05, 4.69) is 48.7 Å². The smallest absolute Gasteiger partial charge is 0.433 e. The fraction of sp³-hybridized carbons (Fsp3) is 0.320. The number of pyridine rings is 1. The molecular weight excluding hydrogens is 559 g/mol. The summed E-state index contributed by atoms with van der Waals surface area (Å²) in [7, 11) is 0. The van der Waals surface area contributed by atoms with E-state index >= 15 is 0 Å². The summed E-state index contributed by atoms with van der Waals surface area (Å²) in [5, 5.41) is 15.1. The van der Waals surface area contributed by atoms with Crippen molar-refractivity contribution in [3.63, 3.8) is 0 Å². The minimum atomic E-state index is -0.662. The van der Waals surface area contributed by atoms with E-state index in [9.17, 15) is 9.90 Å². The lowest BCUT2D eigenvalue weighted by Gasteiger charge is -2.17. The number of fused-ring (bicyclic) bond motifs is 2. The van der Waals surface area contributed by atoms with Gasteiger partial charge in [-0.25, -0.2) is 14.3 Å². The molecule has 1 unspecified atom stereocenters. The minimum Gasteiger partial charge on any atom is -0.442 e. The summed E-state index contributed by atoms with van der Waals surface area (Å²) >= 11 is 2.29. The first-order valence-electron chi connectivity index (χ1n) is 11.2. The largest absolute Gasteiger partial charge is 0.442 e. The molecule has 0 aliphatic rings. The molecule has 0 spiro atoms. The quantitative estimate of drug-likeness (QED) is 0.248. The molecule has 0 saturated carbocycles. The summed E-state index contributed by atoms with van der Waals surface area (Å²) in [5.74, 6) is 0.131. The zero-order chi connectivity index (χ0) is 25.2. The molecule has 0 fully saturated rings. The van der Waals surface area contributed by atoms with E-state index < -0.39 is 11.7 Å². The number of anilines is 1. The number of ether oxygens (including phenoxy) is 1. The highest BCUT2D eigenvalue weighted by Gasteiger charge is 2.24. The molecule has 35 heavy (non-hydrogen) atoms. The van der Waals surface area contributed by atoms with Crippen LogP contribution in [0.5, 0.6) is 0 Å². The van der Waals surface area contributed by atoms with Gasteiger partial charge < -0.3 is 15.6 Å². The van der Waals surface area contributed by atoms with Gasteiger partial charge in [-0.05, 0) is 68.3 Å². The SMILES string of the molecule is CC(C)(C)OC(=O)N=CC(CCO)Cc1c(I)c(-c2cnc3ccccc3c2)c2c(N)ncnn12. The maximum Gasteiger partial charge on any atom is 0.433 e. The Labute approximate surface area is 216 Å². The Morgan fingerprint density at radius 3 is 2.83 bits per heavy atom. The van der Waals surface area contributed by atoms with E-state index in [0.29, 0.717) is 24.2 Å². The number of carbonyl (C=O) groups excluding carboxylic acids is 1. The van der Waals surface area contributed by atoms with Crippen LogP contribution in [0.25, 0.3) is 27.5 Å². The maximum atomic E-state index is 12.1. The second-order valence-corrected chi connectivity index (χ2v) is 10.3. The predicted octanol–water partition coefficient (Wildman–Crippen LogP) is 4.68. The van der Waals surface area contributed by atoms with Crippen LogP contribution in [-0.2, 0) is 11.2 Å². The Hall–Kier alpha value is -3.12. The molecule has 0 bridgehead atoms. The molecule has 0 aliphatic heterocycles. The highest BCUT2D eigenvalue weighted by molar-refractivity contribution is 14.1. The van der Waals surface area contributed by atoms with Crippen LogP contribution in [0.15, 0.2) is 47.8 Å². The summed E-state index contributed by atoms with van der Waals surface area (Å²) < 4.78 is 8.00. The Balaban J connectivity index is 1.77. The third-order valence-corrected chi connectivity index (χ3v) is 6.56. The number of amides is 1. The average Bonchev–Trinajstić information content (AvgIpc) is 3.08. The molecule has 1 amide bonds. The van der Waals surface area contributed by atoms with Gasteiger partial charge in [0, 0.05) is 45.0 Å². The number of hydrogen-bond donors (Lipinski definition) is 2. The lowest BCUT2D eigenvalue weighted by Crippen LogP contribution is -2.22. The number of rotatable bonds is 6. The van der Waals surface area contributed by atoms with Crippen molar-refractivity contribution in [2.45, 2.75) is 39.2 Å². The molecular formula is C25H27IN6O3. The number of halogens is 1. The number of aromatic nitrogens is 4. The van der Waals surface area contributed by atoms with Gasteiger partial charge in [0.15, 0.2) is 5.82 Å². The number of aliphatic hydroxyl groups excluding tert-OH is 1. The molecule has 3 N–H and O–H groups in total. The lowest BCUT2D eigenvalue weighted by molar-refractivity contribution is 0.0604. The van der Waals surface area contributed by atoms with Crippen LogP contribution in [0.1, 0.15) is 32.9 Å². The van der Waals surface area contributed by atoms with E-state index in [1.807, 2.05) is 30.5 Å². The van der Waals surface area contributed by atoms with Crippen LogP contribution in [0.3, 0.4) is 0 Å². The van der Waals surface area contributed by atoms with Crippen molar-refractivity contribution in [3.8, 4) is 11.1 Å². The van der Waals surface area contributed by atoms with Crippen molar-refractivity contribution >= 4 is 57.1 Å². The van der Waals surface area contributed by atoms with Crippen LogP contribution in [0, 0.1) is 9.49 Å². The van der Waals surface area contributed by atoms with Crippen molar-refractivity contribution in [2.24, 2.45) is 10.9 Å². The number of para-hydroxylation sites is 1. The van der Waals surface area contributed by atoms with Gasteiger partial charge in [-0.1, -0.05) is 18.2 Å². The number of aliphatic imine (C=N–C) groups is 1. The Morgan fingerprint density at radius 2 is 2.09 bits per heavy atom. The predicted molar refractivity (Wildman–Crippen MR) is 144 cm³/mol. The standard InChI is InChI=1S/C25H27IN6O3/c1-25(2,3)35-24(34)29-12-15(8-9-33)10-19-21(26)20(22-23(27)30-14-31-32(19)22)17-11-16-6-4-5-7-18(16)28-13-17/h4-7,11-15,33H,8-10H2,1-3H3,(H2,27,30,31). The third kappa shape index (κ3) is 5.59. The molecule has 182 valence electrons. The normalized spacial score (nSPS) is 13.1. The summed E-state index contributed by atoms with van der Waals surface area (Å²) in [6.07, 6.45) is 5.02.